The standard InChI is InChI=1S/C18H22N4OS/c1-14-5-9-22(10-6-14)11-8-20-17(23)12-15-13-24-18(21-15)16-4-2-3-7-19-16/h2-5,7,13H,6,8-12H2,1H3,(H,20,23). The summed E-state index contributed by atoms with van der Waals surface area (Å²) in [6.45, 7) is 5.82. The number of rotatable bonds is 6. The Balaban J connectivity index is 1.43. The van der Waals surface area contributed by atoms with Gasteiger partial charge in [-0.15, -0.1) is 11.3 Å². The smallest absolute Gasteiger partial charge is 0.226 e. The maximum absolute atomic E-state index is 12.1. The average Bonchev–Trinajstić information content (AvgIpc) is 3.06. The molecule has 126 valence electrons. The van der Waals surface area contributed by atoms with Gasteiger partial charge in [-0.2, -0.15) is 0 Å². The fourth-order valence-corrected chi connectivity index (χ4v) is 3.39. The van der Waals surface area contributed by atoms with Crippen molar-refractivity contribution in [3.05, 3.63) is 47.1 Å². The summed E-state index contributed by atoms with van der Waals surface area (Å²) in [6.07, 6.45) is 5.46. The fourth-order valence-electron chi connectivity index (χ4n) is 2.59. The van der Waals surface area contributed by atoms with Crippen molar-refractivity contribution in [2.24, 2.45) is 0 Å². The molecule has 0 fully saturated rings. The molecule has 3 rings (SSSR count). The van der Waals surface area contributed by atoms with Gasteiger partial charge in [-0.05, 0) is 25.5 Å². The monoisotopic (exact) mass is 342 g/mol. The van der Waals surface area contributed by atoms with Gasteiger partial charge < -0.3 is 5.32 Å². The molecule has 24 heavy (non-hydrogen) atoms. The zero-order valence-electron chi connectivity index (χ0n) is 13.9. The summed E-state index contributed by atoms with van der Waals surface area (Å²) in [5, 5.41) is 5.77. The molecule has 1 N–H and O–H groups in total. The minimum Gasteiger partial charge on any atom is -0.354 e. The van der Waals surface area contributed by atoms with E-state index >= 15 is 0 Å². The average molecular weight is 342 g/mol. The predicted octanol–water partition coefficient (Wildman–Crippen LogP) is 2.52. The zero-order valence-corrected chi connectivity index (χ0v) is 14.7. The number of nitrogens with one attached hydrogen (secondary N) is 1. The molecule has 0 saturated carbocycles. The summed E-state index contributed by atoms with van der Waals surface area (Å²) in [4.78, 5) is 23.2. The highest BCUT2D eigenvalue weighted by Crippen LogP contribution is 2.21. The molecule has 2 aromatic heterocycles. The Morgan fingerprint density at radius 1 is 1.42 bits per heavy atom. The van der Waals surface area contributed by atoms with Crippen LogP contribution < -0.4 is 5.32 Å². The molecule has 1 aliphatic rings. The fraction of sp³-hybridized carbons (Fsp3) is 0.389. The second kappa shape index (κ2) is 8.17. The van der Waals surface area contributed by atoms with Crippen LogP contribution in [0.15, 0.2) is 41.4 Å². The minimum absolute atomic E-state index is 0.0246. The summed E-state index contributed by atoms with van der Waals surface area (Å²) in [7, 11) is 0. The summed E-state index contributed by atoms with van der Waals surface area (Å²) in [5.41, 5.74) is 3.11. The Kier molecular flexibility index (Phi) is 5.72. The van der Waals surface area contributed by atoms with E-state index in [1.807, 2.05) is 23.6 Å². The van der Waals surface area contributed by atoms with Gasteiger partial charge in [-0.25, -0.2) is 4.98 Å². The SMILES string of the molecule is CC1=CCN(CCNC(=O)Cc2csc(-c3ccccn3)n2)CC1. The van der Waals surface area contributed by atoms with Crippen molar-refractivity contribution >= 4 is 17.2 Å². The summed E-state index contributed by atoms with van der Waals surface area (Å²) in [5.74, 6) is 0.0246. The Labute approximate surface area is 146 Å². The normalized spacial score (nSPS) is 15.1. The highest BCUT2D eigenvalue weighted by Gasteiger charge is 2.11. The quantitative estimate of drug-likeness (QED) is 0.820. The number of aromatic nitrogens is 2. The van der Waals surface area contributed by atoms with Gasteiger partial charge in [0.2, 0.25) is 5.91 Å². The molecular weight excluding hydrogens is 320 g/mol. The lowest BCUT2D eigenvalue weighted by Crippen LogP contribution is -2.37. The molecule has 6 heteroatoms. The van der Waals surface area contributed by atoms with Gasteiger partial charge in [0, 0.05) is 37.8 Å². The highest BCUT2D eigenvalue weighted by molar-refractivity contribution is 7.13. The van der Waals surface area contributed by atoms with Gasteiger partial charge in [-0.3, -0.25) is 14.7 Å². The number of carbonyl (C=O) groups excluding carboxylic acids is 1. The molecule has 0 saturated heterocycles. The zero-order chi connectivity index (χ0) is 16.8. The van der Waals surface area contributed by atoms with Crippen molar-refractivity contribution in [2.45, 2.75) is 19.8 Å². The van der Waals surface area contributed by atoms with Crippen molar-refractivity contribution in [1.82, 2.24) is 20.2 Å². The molecule has 0 bridgehead atoms. The van der Waals surface area contributed by atoms with Crippen LogP contribution in [-0.4, -0.2) is 47.0 Å². The number of pyridine rings is 1. The van der Waals surface area contributed by atoms with Crippen LogP contribution in [0.2, 0.25) is 0 Å². The van der Waals surface area contributed by atoms with E-state index in [1.165, 1.54) is 16.9 Å². The molecule has 2 aromatic rings. The van der Waals surface area contributed by atoms with E-state index < -0.39 is 0 Å². The molecule has 0 unspecified atom stereocenters. The third kappa shape index (κ3) is 4.72. The first-order valence-corrected chi connectivity index (χ1v) is 9.09. The Bertz CT molecular complexity index is 711. The third-order valence-electron chi connectivity index (χ3n) is 4.05. The first-order chi connectivity index (χ1) is 11.7. The van der Waals surface area contributed by atoms with Crippen LogP contribution in [0.5, 0.6) is 0 Å². The first kappa shape index (κ1) is 16.8. The number of hydrogen-bond donors (Lipinski definition) is 1. The lowest BCUT2D eigenvalue weighted by atomic mass is 10.1. The van der Waals surface area contributed by atoms with Gasteiger partial charge in [0.1, 0.15) is 5.01 Å². The number of carbonyl (C=O) groups is 1. The lowest BCUT2D eigenvalue weighted by molar-refractivity contribution is -0.120. The molecule has 0 atom stereocenters. The molecule has 0 aromatic carbocycles. The van der Waals surface area contributed by atoms with Crippen LogP contribution >= 0.6 is 11.3 Å². The van der Waals surface area contributed by atoms with Crippen molar-refractivity contribution in [1.29, 1.82) is 0 Å². The molecule has 1 amide bonds. The van der Waals surface area contributed by atoms with Gasteiger partial charge in [-0.1, -0.05) is 17.7 Å². The maximum atomic E-state index is 12.1. The van der Waals surface area contributed by atoms with E-state index in [-0.39, 0.29) is 5.91 Å². The molecule has 0 aliphatic carbocycles. The van der Waals surface area contributed by atoms with Gasteiger partial charge in [0.05, 0.1) is 17.8 Å². The topological polar surface area (TPSA) is 58.1 Å². The van der Waals surface area contributed by atoms with Gasteiger partial charge >= 0.3 is 0 Å². The second-order valence-corrected chi connectivity index (χ2v) is 6.84. The van der Waals surface area contributed by atoms with E-state index in [4.69, 9.17) is 0 Å². The van der Waals surface area contributed by atoms with Gasteiger partial charge in [0.25, 0.3) is 0 Å². The van der Waals surface area contributed by atoms with Crippen molar-refractivity contribution in [3.63, 3.8) is 0 Å². The van der Waals surface area contributed by atoms with Crippen LogP contribution in [-0.2, 0) is 11.2 Å². The van der Waals surface area contributed by atoms with Crippen LogP contribution in [0.3, 0.4) is 0 Å². The number of thiazole rings is 1. The largest absolute Gasteiger partial charge is 0.354 e. The summed E-state index contributed by atoms with van der Waals surface area (Å²) >= 11 is 1.52. The second-order valence-electron chi connectivity index (χ2n) is 5.99. The molecular formula is C18H22N4OS. The van der Waals surface area contributed by atoms with Crippen molar-refractivity contribution in [3.8, 4) is 10.7 Å². The van der Waals surface area contributed by atoms with E-state index in [0.29, 0.717) is 13.0 Å². The van der Waals surface area contributed by atoms with Crippen LogP contribution in [0, 0.1) is 0 Å². The van der Waals surface area contributed by atoms with Crippen LogP contribution in [0.25, 0.3) is 10.7 Å². The molecule has 1 aliphatic heterocycles. The Hall–Kier alpha value is -2.05. The summed E-state index contributed by atoms with van der Waals surface area (Å²) < 4.78 is 0. The number of amides is 1. The molecule has 5 nitrogen and oxygen atoms in total. The van der Waals surface area contributed by atoms with E-state index in [0.717, 1.165) is 42.5 Å². The first-order valence-electron chi connectivity index (χ1n) is 8.21. The van der Waals surface area contributed by atoms with Crippen LogP contribution in [0.4, 0.5) is 0 Å². The summed E-state index contributed by atoms with van der Waals surface area (Å²) in [6, 6.07) is 5.75. The predicted molar refractivity (Wildman–Crippen MR) is 96.9 cm³/mol. The van der Waals surface area contributed by atoms with Crippen molar-refractivity contribution < 1.29 is 4.79 Å². The van der Waals surface area contributed by atoms with Crippen molar-refractivity contribution in [2.75, 3.05) is 26.2 Å². The maximum Gasteiger partial charge on any atom is 0.226 e. The van der Waals surface area contributed by atoms with E-state index in [1.54, 1.807) is 6.20 Å². The number of hydrogen-bond acceptors (Lipinski definition) is 5. The Morgan fingerprint density at radius 3 is 3.08 bits per heavy atom. The number of nitrogens with zero attached hydrogens (tertiary/aromatic N) is 3. The van der Waals surface area contributed by atoms with Gasteiger partial charge in [0.15, 0.2) is 0 Å². The van der Waals surface area contributed by atoms with E-state index in [9.17, 15) is 4.79 Å². The third-order valence-corrected chi connectivity index (χ3v) is 4.96. The molecule has 0 radical (unpaired) electrons. The molecule has 0 spiro atoms. The van der Waals surface area contributed by atoms with Crippen LogP contribution in [0.1, 0.15) is 19.0 Å². The van der Waals surface area contributed by atoms with E-state index in [2.05, 4.69) is 33.2 Å². The highest BCUT2D eigenvalue weighted by atomic mass is 32.1. The lowest BCUT2D eigenvalue weighted by Gasteiger charge is -2.25. The minimum atomic E-state index is 0.0246. The molecule has 3 heterocycles. The Morgan fingerprint density at radius 2 is 2.33 bits per heavy atom.